The zero-order valence-electron chi connectivity index (χ0n) is 12.8. The molecule has 0 radical (unpaired) electrons. The minimum absolute atomic E-state index is 0.130. The maximum absolute atomic E-state index is 12.5. The smallest absolute Gasteiger partial charge is 0.237 e. The van der Waals surface area contributed by atoms with Crippen molar-refractivity contribution in [2.75, 3.05) is 18.5 Å². The SMILES string of the molecule is COc1ccc(C(C)(C)C)c(N(C)S(=O)(=O)C2CC2)c1. The average molecular weight is 297 g/mol. The first-order valence-electron chi connectivity index (χ1n) is 6.84. The maximum atomic E-state index is 12.5. The molecule has 0 saturated heterocycles. The van der Waals surface area contributed by atoms with Crippen LogP contribution < -0.4 is 9.04 Å². The fourth-order valence-corrected chi connectivity index (χ4v) is 3.86. The lowest BCUT2D eigenvalue weighted by atomic mass is 9.85. The van der Waals surface area contributed by atoms with Crippen LogP contribution in [0, 0.1) is 0 Å². The Morgan fingerprint density at radius 2 is 1.85 bits per heavy atom. The van der Waals surface area contributed by atoms with Crippen LogP contribution in [0.5, 0.6) is 5.75 Å². The molecule has 20 heavy (non-hydrogen) atoms. The summed E-state index contributed by atoms with van der Waals surface area (Å²) < 4.78 is 31.6. The van der Waals surface area contributed by atoms with E-state index < -0.39 is 10.0 Å². The number of ether oxygens (including phenoxy) is 1. The van der Waals surface area contributed by atoms with Gasteiger partial charge in [0, 0.05) is 13.1 Å². The van der Waals surface area contributed by atoms with Crippen molar-refractivity contribution in [1.29, 1.82) is 0 Å². The lowest BCUT2D eigenvalue weighted by Gasteiger charge is -2.29. The zero-order valence-corrected chi connectivity index (χ0v) is 13.6. The third-order valence-corrected chi connectivity index (χ3v) is 5.95. The van der Waals surface area contributed by atoms with E-state index in [1.54, 1.807) is 20.2 Å². The summed E-state index contributed by atoms with van der Waals surface area (Å²) in [7, 11) is -0.0237. The summed E-state index contributed by atoms with van der Waals surface area (Å²) in [4.78, 5) is 0. The molecule has 1 aromatic rings. The molecule has 112 valence electrons. The second kappa shape index (κ2) is 4.95. The Morgan fingerprint density at radius 1 is 1.25 bits per heavy atom. The van der Waals surface area contributed by atoms with Gasteiger partial charge in [-0.3, -0.25) is 4.31 Å². The van der Waals surface area contributed by atoms with Crippen molar-refractivity contribution >= 4 is 15.7 Å². The molecule has 0 heterocycles. The number of rotatable bonds is 4. The maximum Gasteiger partial charge on any atom is 0.237 e. The van der Waals surface area contributed by atoms with Gasteiger partial charge in [0.1, 0.15) is 5.75 Å². The van der Waals surface area contributed by atoms with E-state index in [1.807, 2.05) is 12.1 Å². The van der Waals surface area contributed by atoms with E-state index in [9.17, 15) is 8.42 Å². The van der Waals surface area contributed by atoms with Gasteiger partial charge in [-0.25, -0.2) is 8.42 Å². The fourth-order valence-electron chi connectivity index (χ4n) is 2.26. The van der Waals surface area contributed by atoms with Crippen LogP contribution >= 0.6 is 0 Å². The molecule has 4 nitrogen and oxygen atoms in total. The molecule has 0 unspecified atom stereocenters. The lowest BCUT2D eigenvalue weighted by molar-refractivity contribution is 0.414. The Hall–Kier alpha value is -1.23. The van der Waals surface area contributed by atoms with Crippen LogP contribution in [0.4, 0.5) is 5.69 Å². The standard InChI is InChI=1S/C15H23NO3S/c1-15(2,3)13-9-6-11(19-5)10-14(13)16(4)20(17,18)12-7-8-12/h6,9-10,12H,7-8H2,1-5H3. The van der Waals surface area contributed by atoms with Crippen molar-refractivity contribution in [3.05, 3.63) is 23.8 Å². The van der Waals surface area contributed by atoms with Crippen LogP contribution in [0.25, 0.3) is 0 Å². The molecule has 0 aromatic heterocycles. The van der Waals surface area contributed by atoms with Crippen molar-refractivity contribution < 1.29 is 13.2 Å². The molecule has 0 aliphatic heterocycles. The van der Waals surface area contributed by atoms with E-state index in [2.05, 4.69) is 20.8 Å². The van der Waals surface area contributed by atoms with Gasteiger partial charge in [0.2, 0.25) is 10.0 Å². The largest absolute Gasteiger partial charge is 0.497 e. The number of hydrogen-bond acceptors (Lipinski definition) is 3. The Bertz CT molecular complexity index is 598. The summed E-state index contributed by atoms with van der Waals surface area (Å²) in [6, 6.07) is 5.63. The molecular formula is C15H23NO3S. The summed E-state index contributed by atoms with van der Waals surface area (Å²) in [6.45, 7) is 6.24. The van der Waals surface area contributed by atoms with E-state index in [4.69, 9.17) is 4.74 Å². The quantitative estimate of drug-likeness (QED) is 0.858. The van der Waals surface area contributed by atoms with E-state index in [-0.39, 0.29) is 10.7 Å². The van der Waals surface area contributed by atoms with Crippen molar-refractivity contribution in [2.45, 2.75) is 44.3 Å². The molecule has 0 N–H and O–H groups in total. The molecule has 0 spiro atoms. The highest BCUT2D eigenvalue weighted by Gasteiger charge is 2.40. The summed E-state index contributed by atoms with van der Waals surface area (Å²) in [5.41, 5.74) is 1.59. The van der Waals surface area contributed by atoms with Crippen LogP contribution in [0.15, 0.2) is 18.2 Å². The topological polar surface area (TPSA) is 46.6 Å². The monoisotopic (exact) mass is 297 g/mol. The van der Waals surface area contributed by atoms with Crippen LogP contribution in [0.2, 0.25) is 0 Å². The highest BCUT2D eigenvalue weighted by Crippen LogP contribution is 2.39. The van der Waals surface area contributed by atoms with Gasteiger partial charge in [-0.05, 0) is 29.9 Å². The molecule has 0 amide bonds. The minimum Gasteiger partial charge on any atom is -0.497 e. The molecule has 0 atom stereocenters. The van der Waals surface area contributed by atoms with E-state index in [0.29, 0.717) is 11.4 Å². The number of anilines is 1. The van der Waals surface area contributed by atoms with E-state index in [0.717, 1.165) is 18.4 Å². The third kappa shape index (κ3) is 2.77. The summed E-state index contributed by atoms with van der Waals surface area (Å²) >= 11 is 0. The number of nitrogens with zero attached hydrogens (tertiary/aromatic N) is 1. The third-order valence-electron chi connectivity index (χ3n) is 3.68. The van der Waals surface area contributed by atoms with Gasteiger partial charge in [0.15, 0.2) is 0 Å². The lowest BCUT2D eigenvalue weighted by Crippen LogP contribution is -2.32. The highest BCUT2D eigenvalue weighted by atomic mass is 32.2. The molecule has 1 aliphatic rings. The Kier molecular flexibility index (Phi) is 3.75. The van der Waals surface area contributed by atoms with Gasteiger partial charge in [-0.15, -0.1) is 0 Å². The Labute approximate surface area is 121 Å². The second-order valence-electron chi connectivity index (χ2n) is 6.34. The molecule has 0 bridgehead atoms. The van der Waals surface area contributed by atoms with Crippen molar-refractivity contribution in [2.24, 2.45) is 0 Å². The normalized spacial score (nSPS) is 16.1. The molecule has 5 heteroatoms. The molecule has 1 aromatic carbocycles. The number of sulfonamides is 1. The van der Waals surface area contributed by atoms with Crippen molar-refractivity contribution in [3.8, 4) is 5.75 Å². The van der Waals surface area contributed by atoms with E-state index >= 15 is 0 Å². The minimum atomic E-state index is -3.25. The van der Waals surface area contributed by atoms with Crippen LogP contribution in [0.3, 0.4) is 0 Å². The summed E-state index contributed by atoms with van der Waals surface area (Å²) in [5, 5.41) is -0.216. The van der Waals surface area contributed by atoms with Crippen molar-refractivity contribution in [1.82, 2.24) is 0 Å². The van der Waals surface area contributed by atoms with Gasteiger partial charge in [0.05, 0.1) is 18.0 Å². The summed E-state index contributed by atoms with van der Waals surface area (Å²) in [5.74, 6) is 0.672. The fraction of sp³-hybridized carbons (Fsp3) is 0.600. The first-order valence-corrected chi connectivity index (χ1v) is 8.34. The first kappa shape index (κ1) is 15.2. The predicted octanol–water partition coefficient (Wildman–Crippen LogP) is 2.92. The molecule has 1 aliphatic carbocycles. The van der Waals surface area contributed by atoms with Crippen molar-refractivity contribution in [3.63, 3.8) is 0 Å². The molecule has 2 rings (SSSR count). The van der Waals surface area contributed by atoms with E-state index in [1.165, 1.54) is 4.31 Å². The highest BCUT2D eigenvalue weighted by molar-refractivity contribution is 7.93. The Balaban J connectivity index is 2.53. The Morgan fingerprint density at radius 3 is 2.30 bits per heavy atom. The van der Waals surface area contributed by atoms with Gasteiger partial charge < -0.3 is 4.74 Å². The molecule has 1 saturated carbocycles. The van der Waals surface area contributed by atoms with Crippen LogP contribution in [-0.4, -0.2) is 27.8 Å². The van der Waals surface area contributed by atoms with Gasteiger partial charge in [-0.2, -0.15) is 0 Å². The molecular weight excluding hydrogens is 274 g/mol. The molecule has 1 fully saturated rings. The van der Waals surface area contributed by atoms with Gasteiger partial charge in [0.25, 0.3) is 0 Å². The van der Waals surface area contributed by atoms with Crippen LogP contribution in [0.1, 0.15) is 39.2 Å². The number of hydrogen-bond donors (Lipinski definition) is 0. The van der Waals surface area contributed by atoms with Gasteiger partial charge >= 0.3 is 0 Å². The second-order valence-corrected chi connectivity index (χ2v) is 8.59. The average Bonchev–Trinajstić information content (AvgIpc) is 3.20. The predicted molar refractivity (Wildman–Crippen MR) is 82.0 cm³/mol. The number of methoxy groups -OCH3 is 1. The van der Waals surface area contributed by atoms with Crippen LogP contribution in [-0.2, 0) is 15.4 Å². The summed E-state index contributed by atoms with van der Waals surface area (Å²) in [6.07, 6.45) is 1.53. The first-order chi connectivity index (χ1) is 9.17. The zero-order chi connectivity index (χ0) is 15.1. The number of benzene rings is 1. The van der Waals surface area contributed by atoms with Gasteiger partial charge in [-0.1, -0.05) is 26.8 Å².